The van der Waals surface area contributed by atoms with Crippen LogP contribution in [0.15, 0.2) is 18.2 Å². The molecular formula is C11H11ClFNO4. The highest BCUT2D eigenvalue weighted by Crippen LogP contribution is 2.19. The molecular weight excluding hydrogens is 265 g/mol. The number of amides is 1. The van der Waals surface area contributed by atoms with Gasteiger partial charge in [-0.25, -0.2) is 9.18 Å². The maximum atomic E-state index is 13.1. The van der Waals surface area contributed by atoms with E-state index < -0.39 is 24.3 Å². The van der Waals surface area contributed by atoms with Crippen LogP contribution in [0.1, 0.15) is 10.4 Å². The third-order valence-corrected chi connectivity index (χ3v) is 2.34. The molecule has 0 aromatic heterocycles. The zero-order chi connectivity index (χ0) is 13.5. The van der Waals surface area contributed by atoms with Gasteiger partial charge in [0.25, 0.3) is 5.91 Å². The molecule has 0 spiro atoms. The van der Waals surface area contributed by atoms with Gasteiger partial charge in [-0.1, -0.05) is 17.7 Å². The number of hydrogen-bond donors (Lipinski definition) is 2. The molecule has 0 fully saturated rings. The van der Waals surface area contributed by atoms with Crippen molar-refractivity contribution in [2.75, 3.05) is 19.8 Å². The van der Waals surface area contributed by atoms with Gasteiger partial charge in [-0.2, -0.15) is 0 Å². The second-order valence-electron chi connectivity index (χ2n) is 3.30. The van der Waals surface area contributed by atoms with Gasteiger partial charge >= 0.3 is 5.97 Å². The molecule has 0 atom stereocenters. The summed E-state index contributed by atoms with van der Waals surface area (Å²) in [6.45, 7) is -0.277. The topological polar surface area (TPSA) is 75.6 Å². The van der Waals surface area contributed by atoms with Crippen molar-refractivity contribution >= 4 is 23.5 Å². The molecule has 1 rings (SSSR count). The second kappa shape index (κ2) is 6.93. The highest BCUT2D eigenvalue weighted by atomic mass is 35.5. The number of ether oxygens (including phenoxy) is 1. The smallest absolute Gasteiger partial charge is 0.329 e. The Balaban J connectivity index is 2.41. The summed E-state index contributed by atoms with van der Waals surface area (Å²) in [5.41, 5.74) is 0.0231. The van der Waals surface area contributed by atoms with Gasteiger partial charge in [0.05, 0.1) is 17.2 Å². The summed E-state index contributed by atoms with van der Waals surface area (Å²) < 4.78 is 17.8. The number of aliphatic carboxylic acids is 1. The van der Waals surface area contributed by atoms with E-state index in [9.17, 15) is 14.0 Å². The summed E-state index contributed by atoms with van der Waals surface area (Å²) in [7, 11) is 0. The lowest BCUT2D eigenvalue weighted by atomic mass is 10.2. The lowest BCUT2D eigenvalue weighted by molar-refractivity contribution is -0.142. The Morgan fingerprint density at radius 1 is 1.44 bits per heavy atom. The Labute approximate surface area is 108 Å². The number of halogens is 2. The normalized spacial score (nSPS) is 10.1. The summed E-state index contributed by atoms with van der Waals surface area (Å²) in [6, 6.07) is 3.91. The van der Waals surface area contributed by atoms with E-state index in [1.807, 2.05) is 0 Å². The van der Waals surface area contributed by atoms with E-state index >= 15 is 0 Å². The van der Waals surface area contributed by atoms with E-state index in [1.165, 1.54) is 12.1 Å². The minimum Gasteiger partial charge on any atom is -0.480 e. The quantitative estimate of drug-likeness (QED) is 0.768. The largest absolute Gasteiger partial charge is 0.480 e. The van der Waals surface area contributed by atoms with Crippen molar-refractivity contribution in [1.82, 2.24) is 5.32 Å². The van der Waals surface area contributed by atoms with Crippen LogP contribution in [0.25, 0.3) is 0 Å². The van der Waals surface area contributed by atoms with Crippen molar-refractivity contribution in [3.8, 4) is 0 Å². The lowest BCUT2D eigenvalue weighted by Gasteiger charge is -2.07. The number of benzene rings is 1. The first-order chi connectivity index (χ1) is 8.52. The van der Waals surface area contributed by atoms with E-state index in [2.05, 4.69) is 5.32 Å². The molecule has 0 aliphatic heterocycles. The first kappa shape index (κ1) is 14.4. The molecule has 0 saturated heterocycles. The minimum absolute atomic E-state index is 0.0231. The predicted molar refractivity (Wildman–Crippen MR) is 62.2 cm³/mol. The van der Waals surface area contributed by atoms with Crippen LogP contribution in [-0.2, 0) is 9.53 Å². The number of nitrogens with one attached hydrogen (secondary N) is 1. The number of carbonyl (C=O) groups excluding carboxylic acids is 1. The fourth-order valence-electron chi connectivity index (χ4n) is 1.17. The van der Waals surface area contributed by atoms with Gasteiger partial charge in [0.15, 0.2) is 0 Å². The van der Waals surface area contributed by atoms with Crippen LogP contribution < -0.4 is 5.32 Å². The van der Waals surface area contributed by atoms with Crippen molar-refractivity contribution in [3.05, 3.63) is 34.6 Å². The van der Waals surface area contributed by atoms with Crippen LogP contribution in [0.4, 0.5) is 4.39 Å². The van der Waals surface area contributed by atoms with Crippen LogP contribution in [0.2, 0.25) is 5.02 Å². The highest BCUT2D eigenvalue weighted by molar-refractivity contribution is 6.34. The maximum absolute atomic E-state index is 13.1. The molecule has 7 heteroatoms. The molecule has 1 amide bonds. The molecule has 1 aromatic rings. The molecule has 1 aromatic carbocycles. The highest BCUT2D eigenvalue weighted by Gasteiger charge is 2.12. The Hall–Kier alpha value is -1.66. The molecule has 0 aliphatic carbocycles. The third-order valence-electron chi connectivity index (χ3n) is 1.95. The molecule has 0 unspecified atom stereocenters. The average molecular weight is 276 g/mol. The number of carboxylic acids is 1. The lowest BCUT2D eigenvalue weighted by Crippen LogP contribution is -2.28. The van der Waals surface area contributed by atoms with E-state index in [-0.39, 0.29) is 23.7 Å². The molecule has 0 heterocycles. The minimum atomic E-state index is -1.09. The van der Waals surface area contributed by atoms with Crippen LogP contribution in [0.3, 0.4) is 0 Å². The Kier molecular flexibility index (Phi) is 5.54. The van der Waals surface area contributed by atoms with Crippen molar-refractivity contribution in [3.63, 3.8) is 0 Å². The van der Waals surface area contributed by atoms with Gasteiger partial charge in [-0.05, 0) is 12.1 Å². The van der Waals surface area contributed by atoms with Gasteiger partial charge in [0, 0.05) is 6.54 Å². The maximum Gasteiger partial charge on any atom is 0.329 e. The molecule has 98 valence electrons. The number of carboxylic acid groups (broad SMARTS) is 1. The predicted octanol–water partition coefficient (Wildman–Crippen LogP) is 1.31. The average Bonchev–Trinajstić information content (AvgIpc) is 2.31. The SMILES string of the molecule is O=C(O)COCCNC(=O)c1cccc(F)c1Cl. The third kappa shape index (κ3) is 4.31. The summed E-state index contributed by atoms with van der Waals surface area (Å²) in [5, 5.41) is 10.5. The van der Waals surface area contributed by atoms with Gasteiger partial charge in [0.1, 0.15) is 12.4 Å². The molecule has 18 heavy (non-hydrogen) atoms. The van der Waals surface area contributed by atoms with Crippen molar-refractivity contribution in [1.29, 1.82) is 0 Å². The fourth-order valence-corrected chi connectivity index (χ4v) is 1.38. The van der Waals surface area contributed by atoms with Crippen molar-refractivity contribution in [2.45, 2.75) is 0 Å². The van der Waals surface area contributed by atoms with Crippen LogP contribution in [-0.4, -0.2) is 36.7 Å². The first-order valence-corrected chi connectivity index (χ1v) is 5.42. The molecule has 0 bridgehead atoms. The number of carbonyl (C=O) groups is 2. The van der Waals surface area contributed by atoms with Crippen LogP contribution in [0.5, 0.6) is 0 Å². The van der Waals surface area contributed by atoms with Gasteiger partial charge < -0.3 is 15.2 Å². The van der Waals surface area contributed by atoms with Crippen molar-refractivity contribution < 1.29 is 23.8 Å². The first-order valence-electron chi connectivity index (χ1n) is 5.04. The molecule has 0 radical (unpaired) electrons. The van der Waals surface area contributed by atoms with Crippen LogP contribution in [0, 0.1) is 5.82 Å². The Bertz CT molecular complexity index is 453. The summed E-state index contributed by atoms with van der Waals surface area (Å²) in [5.74, 6) is -2.31. The molecule has 5 nitrogen and oxygen atoms in total. The van der Waals surface area contributed by atoms with Crippen molar-refractivity contribution in [2.24, 2.45) is 0 Å². The van der Waals surface area contributed by atoms with Gasteiger partial charge in [0.2, 0.25) is 0 Å². The van der Waals surface area contributed by atoms with E-state index in [1.54, 1.807) is 0 Å². The standard InChI is InChI=1S/C11H11ClFNO4/c12-10-7(2-1-3-8(10)13)11(17)14-4-5-18-6-9(15)16/h1-3H,4-6H2,(H,14,17)(H,15,16). The Morgan fingerprint density at radius 3 is 2.83 bits per heavy atom. The van der Waals surface area contributed by atoms with Gasteiger partial charge in [-0.15, -0.1) is 0 Å². The zero-order valence-electron chi connectivity index (χ0n) is 9.28. The fraction of sp³-hybridized carbons (Fsp3) is 0.273. The molecule has 2 N–H and O–H groups in total. The monoisotopic (exact) mass is 275 g/mol. The number of rotatable bonds is 6. The van der Waals surface area contributed by atoms with E-state index in [0.29, 0.717) is 0 Å². The summed E-state index contributed by atoms with van der Waals surface area (Å²) >= 11 is 5.62. The van der Waals surface area contributed by atoms with E-state index in [4.69, 9.17) is 21.4 Å². The Morgan fingerprint density at radius 2 is 2.17 bits per heavy atom. The van der Waals surface area contributed by atoms with E-state index in [0.717, 1.165) is 6.07 Å². The number of hydrogen-bond acceptors (Lipinski definition) is 3. The second-order valence-corrected chi connectivity index (χ2v) is 3.68. The van der Waals surface area contributed by atoms with Crippen LogP contribution >= 0.6 is 11.6 Å². The summed E-state index contributed by atoms with van der Waals surface area (Å²) in [6.07, 6.45) is 0. The summed E-state index contributed by atoms with van der Waals surface area (Å²) in [4.78, 5) is 21.7. The molecule has 0 aliphatic rings. The zero-order valence-corrected chi connectivity index (χ0v) is 10.0. The molecule has 0 saturated carbocycles. The van der Waals surface area contributed by atoms with Gasteiger partial charge in [-0.3, -0.25) is 4.79 Å².